The molecule has 0 spiro atoms. The van der Waals surface area contributed by atoms with E-state index in [-0.39, 0.29) is 0 Å². The Balaban J connectivity index is 0. The first-order valence-corrected chi connectivity index (χ1v) is 6.73. The van der Waals surface area contributed by atoms with E-state index >= 15 is 0 Å². The van der Waals surface area contributed by atoms with Crippen molar-refractivity contribution in [2.75, 3.05) is 0 Å². The molecule has 1 aromatic rings. The van der Waals surface area contributed by atoms with Gasteiger partial charge in [-0.1, -0.05) is 64.6 Å². The summed E-state index contributed by atoms with van der Waals surface area (Å²) in [5.41, 5.74) is 5.59. The highest BCUT2D eigenvalue weighted by atomic mass is 14.2. The van der Waals surface area contributed by atoms with Crippen LogP contribution in [0.1, 0.15) is 45.7 Å². The molecule has 0 heterocycles. The second kappa shape index (κ2) is 11.9. The van der Waals surface area contributed by atoms with Crippen molar-refractivity contribution in [1.29, 1.82) is 0 Å². The topological polar surface area (TPSA) is 0 Å². The predicted molar refractivity (Wildman–Crippen MR) is 86.9 cm³/mol. The lowest BCUT2D eigenvalue weighted by Crippen LogP contribution is -1.80. The Labute approximate surface area is 114 Å². The maximum Gasteiger partial charge on any atom is -0.00171 e. The van der Waals surface area contributed by atoms with Crippen LogP contribution < -0.4 is 0 Å². The maximum atomic E-state index is 3.82. The van der Waals surface area contributed by atoms with Gasteiger partial charge in [0.2, 0.25) is 0 Å². The van der Waals surface area contributed by atoms with E-state index in [9.17, 15) is 0 Å². The molecule has 0 aromatic heterocycles. The summed E-state index contributed by atoms with van der Waals surface area (Å²) >= 11 is 0. The van der Waals surface area contributed by atoms with Gasteiger partial charge in [0.1, 0.15) is 0 Å². The van der Waals surface area contributed by atoms with Crippen molar-refractivity contribution in [3.63, 3.8) is 0 Å². The highest BCUT2D eigenvalue weighted by Gasteiger charge is 2.14. The largest absolute Gasteiger partial charge is 0.106 e. The Morgan fingerprint density at radius 3 is 1.94 bits per heavy atom. The summed E-state index contributed by atoms with van der Waals surface area (Å²) < 4.78 is 0. The van der Waals surface area contributed by atoms with E-state index in [1.54, 1.807) is 0 Å². The van der Waals surface area contributed by atoms with Crippen LogP contribution in [0.4, 0.5) is 0 Å². The molecule has 1 aliphatic carbocycles. The number of fused-ring (bicyclic) bond motifs is 1. The first-order valence-electron chi connectivity index (χ1n) is 6.73. The molecule has 0 heteroatoms. The number of benzene rings is 1. The molecule has 1 aliphatic rings. The quantitative estimate of drug-likeness (QED) is 0.527. The number of rotatable bonds is 1. The van der Waals surface area contributed by atoms with Crippen molar-refractivity contribution in [2.24, 2.45) is 0 Å². The standard InChI is InChI=1S/C12H12.2C2H6.C2H4/c1-3-10-8-11-6-4-5-7-12(11)9(10)2;3*1-2/h3-7H,1,8H2,2H3;2*1-2H3;1-2H2. The number of hydrogen-bond acceptors (Lipinski definition) is 0. The Hall–Kier alpha value is -1.56. The normalized spacial score (nSPS) is 10.7. The maximum absolute atomic E-state index is 3.82. The smallest absolute Gasteiger partial charge is 0.00171 e. The molecule has 0 atom stereocenters. The Kier molecular flexibility index (Phi) is 12.4. The Morgan fingerprint density at radius 2 is 1.50 bits per heavy atom. The molecule has 0 fully saturated rings. The van der Waals surface area contributed by atoms with E-state index in [4.69, 9.17) is 0 Å². The van der Waals surface area contributed by atoms with Crippen molar-refractivity contribution in [3.8, 4) is 0 Å². The third-order valence-electron chi connectivity index (χ3n) is 2.53. The van der Waals surface area contributed by atoms with E-state index in [2.05, 4.69) is 50.9 Å². The second-order valence-corrected chi connectivity index (χ2v) is 3.19. The van der Waals surface area contributed by atoms with E-state index in [0.29, 0.717) is 0 Å². The van der Waals surface area contributed by atoms with Gasteiger partial charge in [0.15, 0.2) is 0 Å². The zero-order chi connectivity index (χ0) is 14.6. The van der Waals surface area contributed by atoms with Gasteiger partial charge in [-0.05, 0) is 35.6 Å². The average Bonchev–Trinajstić information content (AvgIpc) is 2.82. The summed E-state index contributed by atoms with van der Waals surface area (Å²) in [6, 6.07) is 8.56. The third kappa shape index (κ3) is 4.75. The molecule has 0 unspecified atom stereocenters. The lowest BCUT2D eigenvalue weighted by atomic mass is 10.1. The van der Waals surface area contributed by atoms with Gasteiger partial charge in [-0.2, -0.15) is 0 Å². The SMILES string of the molecule is C=C.C=CC1=C(C)c2ccccc2C1.CC.CC. The van der Waals surface area contributed by atoms with Crippen molar-refractivity contribution in [1.82, 2.24) is 0 Å². The summed E-state index contributed by atoms with van der Waals surface area (Å²) in [6.07, 6.45) is 3.03. The van der Waals surface area contributed by atoms with Gasteiger partial charge < -0.3 is 0 Å². The molecular formula is C18H28. The molecule has 1 aromatic carbocycles. The lowest BCUT2D eigenvalue weighted by molar-refractivity contribution is 1.25. The minimum atomic E-state index is 1.06. The first kappa shape index (κ1) is 18.8. The summed E-state index contributed by atoms with van der Waals surface area (Å²) in [5.74, 6) is 0. The summed E-state index contributed by atoms with van der Waals surface area (Å²) in [4.78, 5) is 0. The molecule has 0 amide bonds. The fourth-order valence-electron chi connectivity index (χ4n) is 1.78. The van der Waals surface area contributed by atoms with Gasteiger partial charge in [-0.3, -0.25) is 0 Å². The molecular weight excluding hydrogens is 216 g/mol. The summed E-state index contributed by atoms with van der Waals surface area (Å²) in [6.45, 7) is 20.0. The van der Waals surface area contributed by atoms with Gasteiger partial charge >= 0.3 is 0 Å². The molecule has 0 bridgehead atoms. The highest BCUT2D eigenvalue weighted by molar-refractivity contribution is 5.76. The lowest BCUT2D eigenvalue weighted by Gasteiger charge is -1.97. The van der Waals surface area contributed by atoms with Crippen LogP contribution in [0.3, 0.4) is 0 Å². The van der Waals surface area contributed by atoms with Crippen LogP contribution in [0.5, 0.6) is 0 Å². The molecule has 0 radical (unpaired) electrons. The highest BCUT2D eigenvalue weighted by Crippen LogP contribution is 2.32. The minimum Gasteiger partial charge on any atom is -0.106 e. The van der Waals surface area contributed by atoms with Crippen molar-refractivity contribution in [3.05, 3.63) is 66.8 Å². The molecule has 100 valence electrons. The average molecular weight is 244 g/mol. The van der Waals surface area contributed by atoms with Crippen LogP contribution in [0.2, 0.25) is 0 Å². The van der Waals surface area contributed by atoms with Crippen LogP contribution in [0.15, 0.2) is 55.7 Å². The van der Waals surface area contributed by atoms with Gasteiger partial charge in [0.05, 0.1) is 0 Å². The molecule has 0 nitrogen and oxygen atoms in total. The van der Waals surface area contributed by atoms with E-state index in [1.165, 1.54) is 22.3 Å². The van der Waals surface area contributed by atoms with E-state index < -0.39 is 0 Å². The van der Waals surface area contributed by atoms with Crippen LogP contribution in [-0.4, -0.2) is 0 Å². The van der Waals surface area contributed by atoms with Crippen LogP contribution in [0, 0.1) is 0 Å². The number of allylic oxidation sites excluding steroid dienone is 3. The van der Waals surface area contributed by atoms with Crippen molar-refractivity contribution in [2.45, 2.75) is 41.0 Å². The predicted octanol–water partition coefficient (Wildman–Crippen LogP) is 6.06. The van der Waals surface area contributed by atoms with Gasteiger partial charge in [0.25, 0.3) is 0 Å². The monoisotopic (exact) mass is 244 g/mol. The Bertz CT molecular complexity index is 369. The minimum absolute atomic E-state index is 1.06. The zero-order valence-corrected chi connectivity index (χ0v) is 12.7. The zero-order valence-electron chi connectivity index (χ0n) is 12.7. The number of hydrogen-bond donors (Lipinski definition) is 0. The Morgan fingerprint density at radius 1 is 1.00 bits per heavy atom. The molecule has 2 rings (SSSR count). The third-order valence-corrected chi connectivity index (χ3v) is 2.53. The van der Waals surface area contributed by atoms with E-state index in [0.717, 1.165) is 6.42 Å². The van der Waals surface area contributed by atoms with Crippen LogP contribution in [0.25, 0.3) is 5.57 Å². The fraction of sp³-hybridized carbons (Fsp3) is 0.333. The van der Waals surface area contributed by atoms with E-state index in [1.807, 2.05) is 33.8 Å². The second-order valence-electron chi connectivity index (χ2n) is 3.19. The van der Waals surface area contributed by atoms with Gasteiger partial charge in [-0.25, -0.2) is 0 Å². The van der Waals surface area contributed by atoms with Gasteiger partial charge in [0, 0.05) is 0 Å². The fourth-order valence-corrected chi connectivity index (χ4v) is 1.78. The van der Waals surface area contributed by atoms with Gasteiger partial charge in [-0.15, -0.1) is 13.2 Å². The van der Waals surface area contributed by atoms with Crippen molar-refractivity contribution < 1.29 is 0 Å². The first-order chi connectivity index (χ1) is 8.83. The molecule has 0 saturated heterocycles. The molecule has 18 heavy (non-hydrogen) atoms. The molecule has 0 N–H and O–H groups in total. The van der Waals surface area contributed by atoms with Crippen LogP contribution in [-0.2, 0) is 6.42 Å². The summed E-state index contributed by atoms with van der Waals surface area (Å²) in [7, 11) is 0. The van der Waals surface area contributed by atoms with Crippen LogP contribution >= 0.6 is 0 Å². The molecule has 0 aliphatic heterocycles. The van der Waals surface area contributed by atoms with Crippen molar-refractivity contribution >= 4 is 5.57 Å². The summed E-state index contributed by atoms with van der Waals surface area (Å²) in [5, 5.41) is 0. The molecule has 0 saturated carbocycles.